The van der Waals surface area contributed by atoms with Gasteiger partial charge in [0.2, 0.25) is 5.91 Å². The van der Waals surface area contributed by atoms with Gasteiger partial charge >= 0.3 is 0 Å². The van der Waals surface area contributed by atoms with Gasteiger partial charge in [0, 0.05) is 12.5 Å². The molecule has 1 amide bonds. The Morgan fingerprint density at radius 2 is 1.94 bits per heavy atom. The molecule has 1 fully saturated rings. The summed E-state index contributed by atoms with van der Waals surface area (Å²) in [6.45, 7) is 3.70. The average Bonchev–Trinajstić information content (AvgIpc) is 2.17. The summed E-state index contributed by atoms with van der Waals surface area (Å²) < 4.78 is 0. The minimum Gasteiger partial charge on any atom is -0.393 e. The molecule has 0 saturated heterocycles. The van der Waals surface area contributed by atoms with Crippen molar-refractivity contribution in [3.8, 4) is 0 Å². The van der Waals surface area contributed by atoms with E-state index in [9.17, 15) is 9.90 Å². The molecule has 1 aliphatic rings. The van der Waals surface area contributed by atoms with E-state index in [1.165, 1.54) is 32.1 Å². The lowest BCUT2D eigenvalue weighted by molar-refractivity contribution is -0.123. The molecule has 16 heavy (non-hydrogen) atoms. The second-order valence-electron chi connectivity index (χ2n) is 5.26. The van der Waals surface area contributed by atoms with Gasteiger partial charge in [-0.3, -0.25) is 4.79 Å². The van der Waals surface area contributed by atoms with Gasteiger partial charge in [-0.15, -0.1) is 0 Å². The van der Waals surface area contributed by atoms with Crippen molar-refractivity contribution in [2.24, 2.45) is 5.92 Å². The fraction of sp³-hybridized carbons (Fsp3) is 0.923. The quantitative estimate of drug-likeness (QED) is 0.756. The van der Waals surface area contributed by atoms with Gasteiger partial charge in [0.15, 0.2) is 0 Å². The first kappa shape index (κ1) is 13.5. The maximum Gasteiger partial charge on any atom is 0.220 e. The molecular formula is C13H25NO2. The van der Waals surface area contributed by atoms with Crippen LogP contribution in [-0.4, -0.2) is 23.2 Å². The number of hydrogen-bond acceptors (Lipinski definition) is 2. The summed E-state index contributed by atoms with van der Waals surface area (Å²) in [7, 11) is 0. The van der Waals surface area contributed by atoms with Crippen LogP contribution in [0.1, 0.15) is 58.8 Å². The zero-order valence-corrected chi connectivity index (χ0v) is 10.5. The number of carbonyl (C=O) groups is 1. The smallest absolute Gasteiger partial charge is 0.220 e. The molecule has 2 atom stereocenters. The van der Waals surface area contributed by atoms with Gasteiger partial charge in [-0.25, -0.2) is 0 Å². The molecular weight excluding hydrogens is 202 g/mol. The second kappa shape index (κ2) is 6.89. The molecule has 0 aromatic rings. The average molecular weight is 227 g/mol. The molecule has 3 nitrogen and oxygen atoms in total. The van der Waals surface area contributed by atoms with Gasteiger partial charge in [0.1, 0.15) is 0 Å². The normalized spacial score (nSPS) is 21.4. The Morgan fingerprint density at radius 3 is 2.50 bits per heavy atom. The van der Waals surface area contributed by atoms with Crippen LogP contribution in [0.25, 0.3) is 0 Å². The molecule has 0 radical (unpaired) electrons. The van der Waals surface area contributed by atoms with E-state index in [1.54, 1.807) is 6.92 Å². The van der Waals surface area contributed by atoms with Crippen molar-refractivity contribution in [1.82, 2.24) is 5.32 Å². The topological polar surface area (TPSA) is 49.3 Å². The molecule has 94 valence electrons. The first-order valence-electron chi connectivity index (χ1n) is 6.55. The molecule has 0 aromatic carbocycles. The van der Waals surface area contributed by atoms with Crippen LogP contribution in [-0.2, 0) is 4.79 Å². The maximum absolute atomic E-state index is 11.7. The highest BCUT2D eigenvalue weighted by molar-refractivity contribution is 5.76. The van der Waals surface area contributed by atoms with Crippen LogP contribution in [0.15, 0.2) is 0 Å². The lowest BCUT2D eigenvalue weighted by Crippen LogP contribution is -2.35. The number of nitrogens with one attached hydrogen (secondary N) is 1. The van der Waals surface area contributed by atoms with Crippen LogP contribution in [0.4, 0.5) is 0 Å². The molecule has 0 heterocycles. The summed E-state index contributed by atoms with van der Waals surface area (Å²) in [5.74, 6) is 0.743. The molecule has 3 heteroatoms. The zero-order valence-electron chi connectivity index (χ0n) is 10.5. The van der Waals surface area contributed by atoms with Crippen LogP contribution >= 0.6 is 0 Å². The Labute approximate surface area is 98.6 Å². The van der Waals surface area contributed by atoms with Gasteiger partial charge in [-0.2, -0.15) is 0 Å². The van der Waals surface area contributed by atoms with Gasteiger partial charge < -0.3 is 10.4 Å². The van der Waals surface area contributed by atoms with E-state index in [1.807, 2.05) is 6.92 Å². The number of aliphatic hydroxyl groups is 1. The van der Waals surface area contributed by atoms with Crippen molar-refractivity contribution in [2.75, 3.05) is 0 Å². The highest BCUT2D eigenvalue weighted by Gasteiger charge is 2.18. The minimum absolute atomic E-state index is 0.0797. The van der Waals surface area contributed by atoms with E-state index >= 15 is 0 Å². The third-order valence-corrected chi connectivity index (χ3v) is 3.30. The highest BCUT2D eigenvalue weighted by Crippen LogP contribution is 2.26. The Morgan fingerprint density at radius 1 is 1.31 bits per heavy atom. The van der Waals surface area contributed by atoms with Crippen LogP contribution in [0, 0.1) is 5.92 Å². The molecule has 2 N–H and O–H groups in total. The van der Waals surface area contributed by atoms with Crippen LogP contribution < -0.4 is 5.32 Å². The number of hydrogen-bond donors (Lipinski definition) is 2. The summed E-state index contributed by atoms with van der Waals surface area (Å²) in [6.07, 6.45) is 7.26. The Bertz CT molecular complexity index is 210. The monoisotopic (exact) mass is 227 g/mol. The first-order valence-corrected chi connectivity index (χ1v) is 6.55. The zero-order chi connectivity index (χ0) is 12.0. The Balaban J connectivity index is 2.18. The van der Waals surface area contributed by atoms with Gasteiger partial charge in [0.25, 0.3) is 0 Å². The van der Waals surface area contributed by atoms with Crippen LogP contribution in [0.2, 0.25) is 0 Å². The lowest BCUT2D eigenvalue weighted by atomic mass is 9.87. The predicted molar refractivity (Wildman–Crippen MR) is 65.1 cm³/mol. The van der Waals surface area contributed by atoms with Crippen LogP contribution in [0.5, 0.6) is 0 Å². The SMILES string of the molecule is CC(O)CC(C)NC(=O)CC1CCCCC1. The van der Waals surface area contributed by atoms with Crippen molar-refractivity contribution in [3.63, 3.8) is 0 Å². The summed E-state index contributed by atoms with van der Waals surface area (Å²) >= 11 is 0. The third-order valence-electron chi connectivity index (χ3n) is 3.30. The molecule has 0 bridgehead atoms. The molecule has 1 saturated carbocycles. The van der Waals surface area contributed by atoms with E-state index in [0.29, 0.717) is 18.8 Å². The third kappa shape index (κ3) is 5.50. The fourth-order valence-corrected chi connectivity index (χ4v) is 2.56. The maximum atomic E-state index is 11.7. The number of aliphatic hydroxyl groups excluding tert-OH is 1. The van der Waals surface area contributed by atoms with E-state index in [0.717, 1.165) is 0 Å². The van der Waals surface area contributed by atoms with Crippen molar-refractivity contribution in [3.05, 3.63) is 0 Å². The molecule has 0 aromatic heterocycles. The lowest BCUT2D eigenvalue weighted by Gasteiger charge is -2.22. The van der Waals surface area contributed by atoms with Crippen molar-refractivity contribution < 1.29 is 9.90 Å². The Kier molecular flexibility index (Phi) is 5.81. The largest absolute Gasteiger partial charge is 0.393 e. The minimum atomic E-state index is -0.343. The summed E-state index contributed by atoms with van der Waals surface area (Å²) in [5.41, 5.74) is 0. The van der Waals surface area contributed by atoms with Crippen molar-refractivity contribution in [1.29, 1.82) is 0 Å². The van der Waals surface area contributed by atoms with Crippen molar-refractivity contribution in [2.45, 2.75) is 70.9 Å². The summed E-state index contributed by atoms with van der Waals surface area (Å²) in [5, 5.41) is 12.2. The fourth-order valence-electron chi connectivity index (χ4n) is 2.56. The first-order chi connectivity index (χ1) is 7.58. The van der Waals surface area contributed by atoms with E-state index < -0.39 is 0 Å². The molecule has 0 spiro atoms. The van der Waals surface area contributed by atoms with Crippen molar-refractivity contribution >= 4 is 5.91 Å². The number of rotatable bonds is 5. The van der Waals surface area contributed by atoms with Gasteiger partial charge in [-0.05, 0) is 39.0 Å². The number of carbonyl (C=O) groups excluding carboxylic acids is 1. The Hall–Kier alpha value is -0.570. The molecule has 2 unspecified atom stereocenters. The van der Waals surface area contributed by atoms with E-state index in [4.69, 9.17) is 0 Å². The summed E-state index contributed by atoms with van der Waals surface area (Å²) in [4.78, 5) is 11.7. The standard InChI is InChI=1S/C13H25NO2/c1-10(8-11(2)15)14-13(16)9-12-6-4-3-5-7-12/h10-12,15H,3-9H2,1-2H3,(H,14,16). The molecule has 0 aliphatic heterocycles. The second-order valence-corrected chi connectivity index (χ2v) is 5.26. The van der Waals surface area contributed by atoms with E-state index in [-0.39, 0.29) is 18.1 Å². The van der Waals surface area contributed by atoms with E-state index in [2.05, 4.69) is 5.32 Å². The number of amides is 1. The summed E-state index contributed by atoms with van der Waals surface area (Å²) in [6, 6.07) is 0.0797. The molecule has 1 aliphatic carbocycles. The highest BCUT2D eigenvalue weighted by atomic mass is 16.3. The molecule has 1 rings (SSSR count). The predicted octanol–water partition coefficient (Wildman–Crippen LogP) is 2.23. The van der Waals surface area contributed by atoms with Gasteiger partial charge in [0.05, 0.1) is 6.10 Å². The van der Waals surface area contributed by atoms with Gasteiger partial charge in [-0.1, -0.05) is 19.3 Å². The van der Waals surface area contributed by atoms with Crippen LogP contribution in [0.3, 0.4) is 0 Å².